The maximum absolute atomic E-state index is 13.9. The first-order valence-electron chi connectivity index (χ1n) is 5.92. The first-order chi connectivity index (χ1) is 7.81. The van der Waals surface area contributed by atoms with Gasteiger partial charge in [-0.2, -0.15) is 0 Å². The van der Waals surface area contributed by atoms with Crippen molar-refractivity contribution < 1.29 is 9.13 Å². The number of anilines is 1. The normalized spacial score (nSPS) is 17.2. The largest absolute Gasteiger partial charge is 0.380 e. The summed E-state index contributed by atoms with van der Waals surface area (Å²) < 4.78 is 19.2. The van der Waals surface area contributed by atoms with Gasteiger partial charge in [0.2, 0.25) is 0 Å². The molecule has 0 bridgehead atoms. The van der Waals surface area contributed by atoms with Crippen molar-refractivity contribution >= 4 is 5.69 Å². The fourth-order valence-corrected chi connectivity index (χ4v) is 2.01. The summed E-state index contributed by atoms with van der Waals surface area (Å²) >= 11 is 0. The van der Waals surface area contributed by atoms with E-state index in [1.165, 1.54) is 0 Å². The van der Waals surface area contributed by atoms with Crippen molar-refractivity contribution in [1.29, 1.82) is 0 Å². The Morgan fingerprint density at radius 3 is 2.94 bits per heavy atom. The summed E-state index contributed by atoms with van der Waals surface area (Å²) in [5.41, 5.74) is 1.76. The Labute approximate surface area is 96.0 Å². The molecule has 0 aromatic heterocycles. The van der Waals surface area contributed by atoms with Crippen LogP contribution in [0.1, 0.15) is 18.9 Å². The first kappa shape index (κ1) is 11.4. The Hall–Kier alpha value is -1.09. The van der Waals surface area contributed by atoms with Gasteiger partial charge >= 0.3 is 0 Å². The monoisotopic (exact) mass is 223 g/mol. The Bertz CT molecular complexity index is 346. The molecule has 1 saturated heterocycles. The number of benzene rings is 1. The lowest BCUT2D eigenvalue weighted by molar-refractivity contribution is 0.152. The molecule has 88 valence electrons. The molecule has 0 unspecified atom stereocenters. The van der Waals surface area contributed by atoms with Gasteiger partial charge < -0.3 is 9.64 Å². The van der Waals surface area contributed by atoms with E-state index < -0.39 is 0 Å². The van der Waals surface area contributed by atoms with Crippen molar-refractivity contribution in [3.05, 3.63) is 29.6 Å². The number of halogens is 1. The van der Waals surface area contributed by atoms with E-state index in [1.54, 1.807) is 6.07 Å². The molecule has 2 rings (SSSR count). The van der Waals surface area contributed by atoms with Gasteiger partial charge in [-0.25, -0.2) is 4.39 Å². The average molecular weight is 223 g/mol. The van der Waals surface area contributed by atoms with Crippen LogP contribution in [0.15, 0.2) is 18.2 Å². The van der Waals surface area contributed by atoms with Gasteiger partial charge in [0, 0.05) is 19.7 Å². The summed E-state index contributed by atoms with van der Waals surface area (Å²) in [5.74, 6) is -0.110. The second-order valence-electron chi connectivity index (χ2n) is 4.09. The van der Waals surface area contributed by atoms with E-state index in [0.29, 0.717) is 12.3 Å². The van der Waals surface area contributed by atoms with Gasteiger partial charge in [-0.05, 0) is 30.5 Å². The third kappa shape index (κ3) is 2.53. The van der Waals surface area contributed by atoms with Crippen LogP contribution in [-0.4, -0.2) is 26.3 Å². The minimum absolute atomic E-state index is 0.110. The highest BCUT2D eigenvalue weighted by Gasteiger charge is 2.13. The minimum atomic E-state index is -0.110. The van der Waals surface area contributed by atoms with E-state index in [9.17, 15) is 4.39 Å². The molecule has 1 aromatic rings. The topological polar surface area (TPSA) is 12.5 Å². The zero-order chi connectivity index (χ0) is 11.4. The Morgan fingerprint density at radius 2 is 2.19 bits per heavy atom. The summed E-state index contributed by atoms with van der Waals surface area (Å²) in [5, 5.41) is 0. The van der Waals surface area contributed by atoms with Crippen LogP contribution in [0.25, 0.3) is 0 Å². The van der Waals surface area contributed by atoms with Gasteiger partial charge in [0.1, 0.15) is 5.82 Å². The molecule has 1 aliphatic rings. The van der Waals surface area contributed by atoms with Gasteiger partial charge in [-0.3, -0.25) is 0 Å². The van der Waals surface area contributed by atoms with E-state index in [-0.39, 0.29) is 5.82 Å². The first-order valence-corrected chi connectivity index (χ1v) is 5.92. The zero-order valence-electron chi connectivity index (χ0n) is 9.71. The number of hydrogen-bond donors (Lipinski definition) is 0. The molecule has 0 amide bonds. The van der Waals surface area contributed by atoms with Crippen molar-refractivity contribution in [1.82, 2.24) is 0 Å². The van der Waals surface area contributed by atoms with E-state index >= 15 is 0 Å². The summed E-state index contributed by atoms with van der Waals surface area (Å²) in [7, 11) is 0. The summed E-state index contributed by atoms with van der Waals surface area (Å²) in [6.07, 6.45) is 1.84. The van der Waals surface area contributed by atoms with E-state index in [1.807, 2.05) is 19.1 Å². The van der Waals surface area contributed by atoms with Crippen LogP contribution in [-0.2, 0) is 11.2 Å². The van der Waals surface area contributed by atoms with Crippen molar-refractivity contribution in [3.63, 3.8) is 0 Å². The molecule has 1 aromatic carbocycles. The van der Waals surface area contributed by atoms with Crippen LogP contribution in [0, 0.1) is 5.82 Å². The smallest absolute Gasteiger partial charge is 0.146 e. The third-order valence-electron chi connectivity index (χ3n) is 2.98. The molecular formula is C13H18FNO. The summed E-state index contributed by atoms with van der Waals surface area (Å²) in [4.78, 5) is 2.07. The quantitative estimate of drug-likeness (QED) is 0.764. The van der Waals surface area contributed by atoms with Crippen LogP contribution in [0.5, 0.6) is 0 Å². The fourth-order valence-electron chi connectivity index (χ4n) is 2.01. The van der Waals surface area contributed by atoms with Crippen molar-refractivity contribution in [2.45, 2.75) is 19.8 Å². The number of ether oxygens (including phenoxy) is 1. The molecule has 1 aliphatic heterocycles. The van der Waals surface area contributed by atoms with Crippen molar-refractivity contribution in [2.24, 2.45) is 0 Å². The third-order valence-corrected chi connectivity index (χ3v) is 2.98. The van der Waals surface area contributed by atoms with Crippen LogP contribution >= 0.6 is 0 Å². The molecule has 1 heterocycles. The highest BCUT2D eigenvalue weighted by Crippen LogP contribution is 2.21. The Kier molecular flexibility index (Phi) is 3.78. The van der Waals surface area contributed by atoms with Crippen LogP contribution < -0.4 is 4.90 Å². The van der Waals surface area contributed by atoms with Crippen LogP contribution in [0.3, 0.4) is 0 Å². The van der Waals surface area contributed by atoms with Gasteiger partial charge in [0.25, 0.3) is 0 Å². The number of hydrogen-bond acceptors (Lipinski definition) is 2. The van der Waals surface area contributed by atoms with Gasteiger partial charge in [-0.15, -0.1) is 0 Å². The molecule has 3 heteroatoms. The standard InChI is InChI=1S/C13H18FNO/c1-2-11-4-5-13(12(14)10-11)15-6-3-8-16-9-7-15/h4-5,10H,2-3,6-9H2,1H3. The summed E-state index contributed by atoms with van der Waals surface area (Å²) in [6, 6.07) is 5.53. The SMILES string of the molecule is CCc1ccc(N2CCCOCC2)c(F)c1. The van der Waals surface area contributed by atoms with Crippen LogP contribution in [0.2, 0.25) is 0 Å². The van der Waals surface area contributed by atoms with Gasteiger partial charge in [0.15, 0.2) is 0 Å². The Morgan fingerprint density at radius 1 is 1.31 bits per heavy atom. The van der Waals surface area contributed by atoms with E-state index in [2.05, 4.69) is 4.90 Å². The highest BCUT2D eigenvalue weighted by atomic mass is 19.1. The molecule has 16 heavy (non-hydrogen) atoms. The van der Waals surface area contributed by atoms with E-state index in [0.717, 1.165) is 38.1 Å². The molecule has 2 nitrogen and oxygen atoms in total. The lowest BCUT2D eigenvalue weighted by atomic mass is 10.1. The fraction of sp³-hybridized carbons (Fsp3) is 0.538. The number of nitrogens with zero attached hydrogens (tertiary/aromatic N) is 1. The van der Waals surface area contributed by atoms with Crippen molar-refractivity contribution in [3.8, 4) is 0 Å². The second-order valence-corrected chi connectivity index (χ2v) is 4.09. The zero-order valence-corrected chi connectivity index (χ0v) is 9.71. The lowest BCUT2D eigenvalue weighted by Crippen LogP contribution is -2.26. The average Bonchev–Trinajstić information content (AvgIpc) is 2.57. The molecule has 0 spiro atoms. The van der Waals surface area contributed by atoms with Gasteiger partial charge in [-0.1, -0.05) is 13.0 Å². The maximum Gasteiger partial charge on any atom is 0.146 e. The maximum atomic E-state index is 13.9. The molecular weight excluding hydrogens is 205 g/mol. The number of aryl methyl sites for hydroxylation is 1. The number of rotatable bonds is 2. The van der Waals surface area contributed by atoms with Crippen molar-refractivity contribution in [2.75, 3.05) is 31.2 Å². The van der Waals surface area contributed by atoms with Gasteiger partial charge in [0.05, 0.1) is 12.3 Å². The predicted octanol–water partition coefficient (Wildman–Crippen LogP) is 2.61. The molecule has 0 radical (unpaired) electrons. The summed E-state index contributed by atoms with van der Waals surface area (Å²) in [6.45, 7) is 5.17. The second kappa shape index (κ2) is 5.30. The minimum Gasteiger partial charge on any atom is -0.380 e. The molecule has 0 N–H and O–H groups in total. The van der Waals surface area contributed by atoms with Crippen LogP contribution in [0.4, 0.5) is 10.1 Å². The van der Waals surface area contributed by atoms with E-state index in [4.69, 9.17) is 4.74 Å². The Balaban J connectivity index is 2.18. The predicted molar refractivity (Wildman–Crippen MR) is 63.4 cm³/mol. The lowest BCUT2D eigenvalue weighted by Gasteiger charge is -2.22. The molecule has 0 atom stereocenters. The molecule has 1 fully saturated rings. The molecule has 0 saturated carbocycles. The molecule has 0 aliphatic carbocycles. The highest BCUT2D eigenvalue weighted by molar-refractivity contribution is 5.49.